The zero-order valence-electron chi connectivity index (χ0n) is 11.1. The lowest BCUT2D eigenvalue weighted by Crippen LogP contribution is -2.20. The van der Waals surface area contributed by atoms with Crippen molar-refractivity contribution in [1.82, 2.24) is 15.2 Å². The van der Waals surface area contributed by atoms with Crippen molar-refractivity contribution in [3.8, 4) is 0 Å². The number of aryl methyl sites for hydroxylation is 2. The van der Waals surface area contributed by atoms with Crippen molar-refractivity contribution in [3.05, 3.63) is 11.4 Å². The fraction of sp³-hybridized carbons (Fsp3) is 0.769. The Labute approximate surface area is 114 Å². The maximum Gasteiger partial charge on any atom is 0.242 e. The number of nitrogens with zero attached hydrogens (tertiary/aromatic N) is 3. The van der Waals surface area contributed by atoms with E-state index in [9.17, 15) is 0 Å². The van der Waals surface area contributed by atoms with Crippen molar-refractivity contribution in [3.63, 3.8) is 0 Å². The summed E-state index contributed by atoms with van der Waals surface area (Å²) < 4.78 is 0. The maximum atomic E-state index is 6.25. The van der Waals surface area contributed by atoms with Crippen LogP contribution >= 0.6 is 11.6 Å². The Morgan fingerprint density at radius 2 is 1.94 bits per heavy atom. The standard InChI is InChI=1S/C13H21ClN4/c1-3-11-12(4-2)17-18-13(16-11)15-8-9-6-5-7-10(9)14/h9-10H,3-8H2,1-2H3,(H,15,16,18). The highest BCUT2D eigenvalue weighted by molar-refractivity contribution is 6.20. The van der Waals surface area contributed by atoms with Crippen molar-refractivity contribution in [2.75, 3.05) is 11.9 Å². The molecule has 1 heterocycles. The van der Waals surface area contributed by atoms with Gasteiger partial charge in [-0.3, -0.25) is 0 Å². The molecule has 1 aromatic rings. The summed E-state index contributed by atoms with van der Waals surface area (Å²) in [5.41, 5.74) is 2.04. The first-order chi connectivity index (χ1) is 8.74. The molecule has 1 aliphatic rings. The molecular weight excluding hydrogens is 248 g/mol. The van der Waals surface area contributed by atoms with E-state index < -0.39 is 0 Å². The second-order valence-electron chi connectivity index (χ2n) is 4.82. The van der Waals surface area contributed by atoms with E-state index in [2.05, 4.69) is 34.3 Å². The van der Waals surface area contributed by atoms with Gasteiger partial charge in [0, 0.05) is 11.9 Å². The van der Waals surface area contributed by atoms with Gasteiger partial charge in [0.1, 0.15) is 0 Å². The van der Waals surface area contributed by atoms with E-state index >= 15 is 0 Å². The van der Waals surface area contributed by atoms with Crippen LogP contribution in [0.5, 0.6) is 0 Å². The molecule has 2 unspecified atom stereocenters. The van der Waals surface area contributed by atoms with Gasteiger partial charge in [0.25, 0.3) is 0 Å². The fourth-order valence-electron chi connectivity index (χ4n) is 2.46. The molecular formula is C13H21ClN4. The SMILES string of the molecule is CCc1nnc(NCC2CCCC2Cl)nc1CC. The normalized spacial score (nSPS) is 23.3. The number of hydrogen-bond donors (Lipinski definition) is 1. The van der Waals surface area contributed by atoms with Crippen LogP contribution in [-0.2, 0) is 12.8 Å². The van der Waals surface area contributed by atoms with Gasteiger partial charge in [0.15, 0.2) is 0 Å². The van der Waals surface area contributed by atoms with Gasteiger partial charge in [0.05, 0.1) is 11.4 Å². The van der Waals surface area contributed by atoms with Crippen molar-refractivity contribution >= 4 is 17.5 Å². The zero-order chi connectivity index (χ0) is 13.0. The predicted molar refractivity (Wildman–Crippen MR) is 74.1 cm³/mol. The first-order valence-electron chi connectivity index (χ1n) is 6.85. The third-order valence-corrected chi connectivity index (χ3v) is 4.17. The van der Waals surface area contributed by atoms with Crippen molar-refractivity contribution in [2.24, 2.45) is 5.92 Å². The van der Waals surface area contributed by atoms with Gasteiger partial charge in [-0.2, -0.15) is 5.10 Å². The van der Waals surface area contributed by atoms with Crippen LogP contribution < -0.4 is 5.32 Å². The van der Waals surface area contributed by atoms with Crippen LogP contribution in [0.2, 0.25) is 0 Å². The lowest BCUT2D eigenvalue weighted by atomic mass is 10.1. The smallest absolute Gasteiger partial charge is 0.242 e. The number of halogens is 1. The molecule has 4 nitrogen and oxygen atoms in total. The number of aromatic nitrogens is 3. The van der Waals surface area contributed by atoms with E-state index in [1.807, 2.05) is 0 Å². The number of hydrogen-bond acceptors (Lipinski definition) is 4. The lowest BCUT2D eigenvalue weighted by Gasteiger charge is -2.14. The minimum absolute atomic E-state index is 0.297. The quantitative estimate of drug-likeness (QED) is 0.835. The maximum absolute atomic E-state index is 6.25. The lowest BCUT2D eigenvalue weighted by molar-refractivity contribution is 0.582. The van der Waals surface area contributed by atoms with Gasteiger partial charge in [-0.25, -0.2) is 4.98 Å². The van der Waals surface area contributed by atoms with Crippen molar-refractivity contribution < 1.29 is 0 Å². The Bertz CT molecular complexity index is 397. The first-order valence-corrected chi connectivity index (χ1v) is 7.28. The molecule has 0 aromatic carbocycles. The summed E-state index contributed by atoms with van der Waals surface area (Å²) in [6, 6.07) is 0. The van der Waals surface area contributed by atoms with Crippen molar-refractivity contribution in [1.29, 1.82) is 0 Å². The molecule has 1 N–H and O–H groups in total. The molecule has 1 aromatic heterocycles. The van der Waals surface area contributed by atoms with E-state index in [1.54, 1.807) is 0 Å². The number of nitrogens with one attached hydrogen (secondary N) is 1. The van der Waals surface area contributed by atoms with Crippen LogP contribution in [0.4, 0.5) is 5.95 Å². The Hall–Kier alpha value is -0.900. The molecule has 5 heteroatoms. The molecule has 0 spiro atoms. The third kappa shape index (κ3) is 3.10. The Kier molecular flexibility index (Phi) is 4.75. The minimum Gasteiger partial charge on any atom is -0.353 e. The van der Waals surface area contributed by atoms with Gasteiger partial charge in [-0.05, 0) is 31.6 Å². The summed E-state index contributed by atoms with van der Waals surface area (Å²) in [4.78, 5) is 4.52. The van der Waals surface area contributed by atoms with E-state index in [4.69, 9.17) is 11.6 Å². The van der Waals surface area contributed by atoms with Gasteiger partial charge in [-0.1, -0.05) is 20.3 Å². The van der Waals surface area contributed by atoms with Gasteiger partial charge >= 0.3 is 0 Å². The van der Waals surface area contributed by atoms with Crippen LogP contribution in [0, 0.1) is 5.92 Å². The summed E-state index contributed by atoms with van der Waals surface area (Å²) in [5, 5.41) is 11.9. The monoisotopic (exact) mass is 268 g/mol. The summed E-state index contributed by atoms with van der Waals surface area (Å²) >= 11 is 6.25. The van der Waals surface area contributed by atoms with Crippen LogP contribution in [0.15, 0.2) is 0 Å². The van der Waals surface area contributed by atoms with Gasteiger partial charge in [0.2, 0.25) is 5.95 Å². The first kappa shape index (κ1) is 13.5. The highest BCUT2D eigenvalue weighted by Gasteiger charge is 2.25. The molecule has 18 heavy (non-hydrogen) atoms. The van der Waals surface area contributed by atoms with Gasteiger partial charge < -0.3 is 5.32 Å². The molecule has 1 fully saturated rings. The minimum atomic E-state index is 0.297. The Morgan fingerprint density at radius 3 is 2.56 bits per heavy atom. The van der Waals surface area contributed by atoms with Crippen molar-refractivity contribution in [2.45, 2.75) is 51.3 Å². The average molecular weight is 269 g/mol. The molecule has 1 saturated carbocycles. The number of anilines is 1. The summed E-state index contributed by atoms with van der Waals surface area (Å²) in [6.45, 7) is 5.03. The molecule has 0 radical (unpaired) electrons. The molecule has 2 atom stereocenters. The second kappa shape index (κ2) is 6.32. The molecule has 0 amide bonds. The molecule has 100 valence electrons. The van der Waals surface area contributed by atoms with Crippen LogP contribution in [0.3, 0.4) is 0 Å². The summed E-state index contributed by atoms with van der Waals surface area (Å²) in [7, 11) is 0. The van der Waals surface area contributed by atoms with E-state index in [1.165, 1.54) is 12.8 Å². The third-order valence-electron chi connectivity index (χ3n) is 3.60. The number of alkyl halides is 1. The Morgan fingerprint density at radius 1 is 1.17 bits per heavy atom. The van der Waals surface area contributed by atoms with Crippen LogP contribution in [0.25, 0.3) is 0 Å². The van der Waals surface area contributed by atoms with Crippen LogP contribution in [0.1, 0.15) is 44.5 Å². The zero-order valence-corrected chi connectivity index (χ0v) is 11.9. The Balaban J connectivity index is 1.97. The summed E-state index contributed by atoms with van der Waals surface area (Å²) in [6.07, 6.45) is 5.34. The van der Waals surface area contributed by atoms with E-state index in [0.717, 1.165) is 37.2 Å². The topological polar surface area (TPSA) is 50.7 Å². The molecule has 0 aliphatic heterocycles. The van der Waals surface area contributed by atoms with Gasteiger partial charge in [-0.15, -0.1) is 16.7 Å². The number of rotatable bonds is 5. The average Bonchev–Trinajstić information content (AvgIpc) is 2.81. The highest BCUT2D eigenvalue weighted by Crippen LogP contribution is 2.29. The fourth-order valence-corrected chi connectivity index (χ4v) is 2.83. The van der Waals surface area contributed by atoms with E-state index in [-0.39, 0.29) is 0 Å². The molecule has 1 aliphatic carbocycles. The largest absolute Gasteiger partial charge is 0.353 e. The predicted octanol–water partition coefficient (Wildman–Crippen LogP) is 2.82. The van der Waals surface area contributed by atoms with E-state index in [0.29, 0.717) is 17.2 Å². The molecule has 0 bridgehead atoms. The summed E-state index contributed by atoms with van der Waals surface area (Å²) in [5.74, 6) is 1.17. The highest BCUT2D eigenvalue weighted by atomic mass is 35.5. The molecule has 0 saturated heterocycles. The second-order valence-corrected chi connectivity index (χ2v) is 5.38. The molecule has 2 rings (SSSR count). The van der Waals surface area contributed by atoms with Crippen LogP contribution in [-0.4, -0.2) is 27.1 Å².